The summed E-state index contributed by atoms with van der Waals surface area (Å²) >= 11 is 0. The lowest BCUT2D eigenvalue weighted by Crippen LogP contribution is -2.58. The first-order valence-electron chi connectivity index (χ1n) is 11.1. The molecule has 1 amide bonds. The van der Waals surface area contributed by atoms with Gasteiger partial charge in [-0.05, 0) is 53.6 Å². The van der Waals surface area contributed by atoms with Gasteiger partial charge in [0.15, 0.2) is 11.4 Å². The van der Waals surface area contributed by atoms with Gasteiger partial charge in [-0.25, -0.2) is 0 Å². The van der Waals surface area contributed by atoms with Crippen LogP contribution in [0.2, 0.25) is 0 Å². The minimum absolute atomic E-state index is 0.00727. The maximum Gasteiger partial charge on any atom is 0.298 e. The molecule has 1 saturated carbocycles. The number of Topliss-reactive ketones (excluding diaryl/α,β-unsaturated/α-hetero) is 2. The molecule has 3 aliphatic carbocycles. The van der Waals surface area contributed by atoms with E-state index in [0.717, 1.165) is 0 Å². The van der Waals surface area contributed by atoms with E-state index in [1.54, 1.807) is 30.3 Å². The molecule has 0 radical (unpaired) electrons. The van der Waals surface area contributed by atoms with E-state index in [1.807, 2.05) is 0 Å². The van der Waals surface area contributed by atoms with Gasteiger partial charge in [0.05, 0.1) is 5.56 Å². The molecular formula is C26H21NO9. The summed E-state index contributed by atoms with van der Waals surface area (Å²) in [4.78, 5) is 48.3. The van der Waals surface area contributed by atoms with Gasteiger partial charge in [-0.2, -0.15) is 0 Å². The number of carbonyl (C=O) groups excluding carboxylic acids is 4. The highest BCUT2D eigenvalue weighted by Gasteiger charge is 2.60. The number of aromatic hydroxyl groups is 1. The predicted molar refractivity (Wildman–Crippen MR) is 124 cm³/mol. The minimum atomic E-state index is -2.60. The number of nitrogens with two attached hydrogens (primary N) is 1. The van der Waals surface area contributed by atoms with Crippen LogP contribution < -0.4 is 10.5 Å². The number of aliphatic hydroxyl groups is 3. The molecule has 184 valence electrons. The number of amides is 1. The smallest absolute Gasteiger partial charge is 0.298 e. The summed E-state index contributed by atoms with van der Waals surface area (Å²) in [5.74, 6) is -6.38. The summed E-state index contributed by atoms with van der Waals surface area (Å²) in [6.07, 6.45) is -0.151. The van der Waals surface area contributed by atoms with Crippen molar-refractivity contribution >= 4 is 29.7 Å². The molecule has 36 heavy (non-hydrogen) atoms. The highest BCUT2D eigenvalue weighted by molar-refractivity contribution is 6.22. The number of phenols is 1. The molecule has 0 saturated heterocycles. The summed E-state index contributed by atoms with van der Waals surface area (Å²) in [5, 5.41) is 43.7. The largest absolute Gasteiger partial charge is 0.508 e. The van der Waals surface area contributed by atoms with Crippen LogP contribution in [0.15, 0.2) is 53.3 Å². The number of hydrogen-bond donors (Lipinski definition) is 5. The zero-order chi connectivity index (χ0) is 25.9. The minimum Gasteiger partial charge on any atom is -0.508 e. The van der Waals surface area contributed by atoms with Crippen molar-refractivity contribution in [3.8, 4) is 22.6 Å². The molecule has 1 fully saturated rings. The molecule has 0 spiro atoms. The van der Waals surface area contributed by atoms with E-state index in [2.05, 4.69) is 0 Å². The van der Waals surface area contributed by atoms with E-state index in [1.165, 1.54) is 6.07 Å². The first-order chi connectivity index (χ1) is 17.1. The predicted octanol–water partition coefficient (Wildman–Crippen LogP) is 1.63. The summed E-state index contributed by atoms with van der Waals surface area (Å²) in [6.45, 7) is 0.304. The maximum absolute atomic E-state index is 13.5. The number of carbonyl (C=O) groups is 4. The number of fused-ring (bicyclic) bond motifs is 3. The van der Waals surface area contributed by atoms with Crippen LogP contribution in [0.5, 0.6) is 11.5 Å². The fourth-order valence-electron chi connectivity index (χ4n) is 5.66. The Morgan fingerprint density at radius 3 is 2.39 bits per heavy atom. The number of benzene rings is 2. The lowest BCUT2D eigenvalue weighted by Gasteiger charge is -2.46. The highest BCUT2D eigenvalue weighted by Crippen LogP contribution is 2.53. The lowest BCUT2D eigenvalue weighted by molar-refractivity contribution is -0.147. The van der Waals surface area contributed by atoms with Crippen LogP contribution in [-0.4, -0.2) is 50.0 Å². The molecule has 0 bridgehead atoms. The zero-order valence-electron chi connectivity index (χ0n) is 18.7. The monoisotopic (exact) mass is 491 g/mol. The Balaban J connectivity index is 1.66. The molecule has 6 N–H and O–H groups in total. The second-order valence-electron chi connectivity index (χ2n) is 9.13. The van der Waals surface area contributed by atoms with Crippen LogP contribution in [0.25, 0.3) is 16.9 Å². The summed E-state index contributed by atoms with van der Waals surface area (Å²) in [6, 6.07) is 9.56. The first-order valence-corrected chi connectivity index (χ1v) is 11.1. The van der Waals surface area contributed by atoms with Crippen molar-refractivity contribution in [1.82, 2.24) is 0 Å². The average molecular weight is 491 g/mol. The first kappa shape index (κ1) is 23.3. The quantitative estimate of drug-likeness (QED) is 0.313. The number of hydrogen-bond acceptors (Lipinski definition) is 9. The average Bonchev–Trinajstić information content (AvgIpc) is 2.82. The van der Waals surface area contributed by atoms with Crippen molar-refractivity contribution < 1.29 is 44.3 Å². The molecule has 0 aliphatic heterocycles. The molecule has 2 aromatic rings. The molecule has 2 aromatic carbocycles. The molecule has 0 heterocycles. The number of aliphatic hydroxyl groups excluding tert-OH is 2. The highest BCUT2D eigenvalue weighted by atomic mass is 16.5. The summed E-state index contributed by atoms with van der Waals surface area (Å²) in [7, 11) is 0. The van der Waals surface area contributed by atoms with Crippen LogP contribution >= 0.6 is 0 Å². The van der Waals surface area contributed by atoms with E-state index in [9.17, 15) is 39.6 Å². The van der Waals surface area contributed by atoms with Gasteiger partial charge in [0.25, 0.3) is 12.4 Å². The van der Waals surface area contributed by atoms with Crippen LogP contribution in [0.1, 0.15) is 24.0 Å². The molecule has 3 atom stereocenters. The van der Waals surface area contributed by atoms with E-state index in [-0.39, 0.29) is 36.1 Å². The van der Waals surface area contributed by atoms with E-state index in [0.29, 0.717) is 28.9 Å². The van der Waals surface area contributed by atoms with Crippen molar-refractivity contribution in [3.05, 3.63) is 64.4 Å². The molecule has 0 unspecified atom stereocenters. The second kappa shape index (κ2) is 8.06. The number of ketones is 2. The van der Waals surface area contributed by atoms with Crippen molar-refractivity contribution in [2.75, 3.05) is 0 Å². The Bertz CT molecular complexity index is 1420. The van der Waals surface area contributed by atoms with Gasteiger partial charge in [0.2, 0.25) is 5.78 Å². The maximum atomic E-state index is 13.5. The van der Waals surface area contributed by atoms with Crippen LogP contribution in [0.3, 0.4) is 0 Å². The van der Waals surface area contributed by atoms with Gasteiger partial charge < -0.3 is 30.9 Å². The van der Waals surface area contributed by atoms with E-state index in [4.69, 9.17) is 10.5 Å². The third-order valence-electron chi connectivity index (χ3n) is 7.30. The molecule has 10 nitrogen and oxygen atoms in total. The van der Waals surface area contributed by atoms with Gasteiger partial charge in [0.1, 0.15) is 28.6 Å². The van der Waals surface area contributed by atoms with Crippen LogP contribution in [0.4, 0.5) is 0 Å². The Kier molecular flexibility index (Phi) is 5.22. The Morgan fingerprint density at radius 1 is 1.06 bits per heavy atom. The van der Waals surface area contributed by atoms with Crippen molar-refractivity contribution in [1.29, 1.82) is 0 Å². The number of primary amides is 1. The number of phenolic OH excluding ortho intramolecular Hbond substituents is 1. The van der Waals surface area contributed by atoms with Crippen LogP contribution in [0, 0.1) is 11.8 Å². The van der Waals surface area contributed by atoms with Gasteiger partial charge >= 0.3 is 0 Å². The van der Waals surface area contributed by atoms with Crippen molar-refractivity contribution in [3.63, 3.8) is 0 Å². The molecule has 3 aliphatic rings. The summed E-state index contributed by atoms with van der Waals surface area (Å²) < 4.78 is 4.82. The molecular weight excluding hydrogens is 470 g/mol. The van der Waals surface area contributed by atoms with Crippen LogP contribution in [-0.2, 0) is 25.6 Å². The molecule has 10 heteroatoms. The normalized spacial score (nSPS) is 25.1. The topological polar surface area (TPSA) is 184 Å². The van der Waals surface area contributed by atoms with Gasteiger partial charge in [-0.15, -0.1) is 0 Å². The zero-order valence-corrected chi connectivity index (χ0v) is 18.7. The fourth-order valence-corrected chi connectivity index (χ4v) is 5.66. The second-order valence-corrected chi connectivity index (χ2v) is 9.13. The Hall–Kier alpha value is -4.44. The van der Waals surface area contributed by atoms with E-state index < -0.39 is 52.0 Å². The van der Waals surface area contributed by atoms with Gasteiger partial charge in [-0.1, -0.05) is 18.2 Å². The van der Waals surface area contributed by atoms with Gasteiger partial charge in [-0.3, -0.25) is 19.2 Å². The summed E-state index contributed by atoms with van der Waals surface area (Å²) in [5.41, 5.74) is 3.46. The Morgan fingerprint density at radius 2 is 1.75 bits per heavy atom. The number of ether oxygens (including phenoxy) is 1. The molecule has 0 aromatic heterocycles. The van der Waals surface area contributed by atoms with Gasteiger partial charge in [0, 0.05) is 17.9 Å². The molecule has 5 rings (SSSR count). The lowest BCUT2D eigenvalue weighted by atomic mass is 9.59. The third kappa shape index (κ3) is 3.14. The van der Waals surface area contributed by atoms with Crippen molar-refractivity contribution in [2.45, 2.75) is 24.9 Å². The number of rotatable bonds is 4. The van der Waals surface area contributed by atoms with Crippen molar-refractivity contribution in [2.24, 2.45) is 17.6 Å². The SMILES string of the molecule is NC(=O)C1=C(O)[C@@]2(O)C(=O)C3=C(O)c4c(O)ccc(-c5ccc(OC=O)cc5)c4C[C@H]3C[C@H]2CC1=O. The Labute approximate surface area is 203 Å². The fraction of sp³-hybridized carbons (Fsp3) is 0.231. The standard InChI is InChI=1S/C26H21NO9/c27-25(34)21-18(30)9-13-7-12-8-16-15(11-1-3-14(4-2-11)36-10-28)5-6-17(29)20(16)22(31)19(12)23(32)26(13,35)24(21)33/h1-6,10,12-13,29,31,33,35H,7-9H2,(H2,27,34)/t12-,13+,26+/m1/s1. The van der Waals surface area contributed by atoms with E-state index >= 15 is 0 Å². The third-order valence-corrected chi connectivity index (χ3v) is 7.30.